The number of carbonyl (C=O) groups is 1. The summed E-state index contributed by atoms with van der Waals surface area (Å²) >= 11 is 0. The Morgan fingerprint density at radius 3 is 2.64 bits per heavy atom. The van der Waals surface area contributed by atoms with Crippen molar-refractivity contribution in [3.63, 3.8) is 0 Å². The number of carbonyl (C=O) groups excluding carboxylic acids is 1. The number of benzene rings is 2. The molecule has 0 atom stereocenters. The molecule has 2 aromatic heterocycles. The minimum absolute atomic E-state index is 0.121. The van der Waals surface area contributed by atoms with Crippen LogP contribution in [0.5, 0.6) is 0 Å². The van der Waals surface area contributed by atoms with Crippen molar-refractivity contribution >= 4 is 16.7 Å². The second kappa shape index (κ2) is 7.40. The average Bonchev–Trinajstić information content (AvgIpc) is 2.74. The van der Waals surface area contributed by atoms with Crippen LogP contribution in [0, 0.1) is 0 Å². The van der Waals surface area contributed by atoms with Gasteiger partial charge in [-0.15, -0.1) is 0 Å². The minimum Gasteiger partial charge on any atom is -0.345 e. The van der Waals surface area contributed by atoms with Crippen LogP contribution >= 0.6 is 0 Å². The molecule has 2 aromatic carbocycles. The number of amides is 1. The number of fused-ring (bicyclic) bond motifs is 1. The molecule has 7 nitrogen and oxygen atoms in total. The zero-order valence-corrected chi connectivity index (χ0v) is 15.2. The summed E-state index contributed by atoms with van der Waals surface area (Å²) in [7, 11) is 1.62. The zero-order valence-electron chi connectivity index (χ0n) is 15.2. The summed E-state index contributed by atoms with van der Waals surface area (Å²) in [5, 5.41) is 4.89. The third-order valence-electron chi connectivity index (χ3n) is 4.49. The third kappa shape index (κ3) is 3.50. The fourth-order valence-electron chi connectivity index (χ4n) is 2.91. The highest BCUT2D eigenvalue weighted by atomic mass is 16.1. The maximum atomic E-state index is 12.6. The van der Waals surface area contributed by atoms with Gasteiger partial charge in [0, 0.05) is 24.9 Å². The van der Waals surface area contributed by atoms with Crippen molar-refractivity contribution in [3.05, 3.63) is 88.9 Å². The van der Waals surface area contributed by atoms with Crippen molar-refractivity contribution in [1.82, 2.24) is 24.8 Å². The van der Waals surface area contributed by atoms with Crippen molar-refractivity contribution in [1.29, 1.82) is 0 Å². The van der Waals surface area contributed by atoms with Gasteiger partial charge in [0.1, 0.15) is 12.2 Å². The molecule has 0 aliphatic rings. The summed E-state index contributed by atoms with van der Waals surface area (Å²) in [6.45, 7) is 0.121. The Morgan fingerprint density at radius 2 is 1.86 bits per heavy atom. The van der Waals surface area contributed by atoms with Crippen molar-refractivity contribution < 1.29 is 4.79 Å². The van der Waals surface area contributed by atoms with Crippen LogP contribution in [-0.4, -0.2) is 25.4 Å². The standard InChI is InChI=1S/C21H17N5O2/c1-26-19(25-18(11-20(26)27)17-8-9-22-13-24-17)12-23-21(28)16-7-6-14-4-2-3-5-15(14)10-16/h2-11,13H,12H2,1H3,(H,23,28). The second-order valence-electron chi connectivity index (χ2n) is 6.29. The topological polar surface area (TPSA) is 89.8 Å². The Kier molecular flexibility index (Phi) is 4.63. The molecule has 0 radical (unpaired) electrons. The van der Waals surface area contributed by atoms with Crippen LogP contribution in [-0.2, 0) is 13.6 Å². The first-order valence-corrected chi connectivity index (χ1v) is 8.72. The SMILES string of the molecule is Cn1c(CNC(=O)c2ccc3ccccc3c2)nc(-c2ccncn2)cc1=O. The Balaban J connectivity index is 1.57. The molecule has 1 amide bonds. The molecule has 0 bridgehead atoms. The van der Waals surface area contributed by atoms with Crippen LogP contribution in [0.25, 0.3) is 22.2 Å². The van der Waals surface area contributed by atoms with E-state index in [2.05, 4.69) is 20.3 Å². The lowest BCUT2D eigenvalue weighted by atomic mass is 10.1. The van der Waals surface area contributed by atoms with E-state index in [0.717, 1.165) is 10.8 Å². The van der Waals surface area contributed by atoms with Gasteiger partial charge in [-0.25, -0.2) is 15.0 Å². The van der Waals surface area contributed by atoms with Gasteiger partial charge in [0.25, 0.3) is 11.5 Å². The summed E-state index contributed by atoms with van der Waals surface area (Å²) in [6.07, 6.45) is 2.98. The molecule has 1 N–H and O–H groups in total. The lowest BCUT2D eigenvalue weighted by Gasteiger charge is -2.11. The van der Waals surface area contributed by atoms with E-state index in [-0.39, 0.29) is 18.0 Å². The summed E-state index contributed by atoms with van der Waals surface area (Å²) in [5.41, 5.74) is 1.32. The minimum atomic E-state index is -0.229. The van der Waals surface area contributed by atoms with Crippen LogP contribution in [0.2, 0.25) is 0 Å². The van der Waals surface area contributed by atoms with Gasteiger partial charge >= 0.3 is 0 Å². The predicted molar refractivity (Wildman–Crippen MR) is 106 cm³/mol. The van der Waals surface area contributed by atoms with E-state index in [1.165, 1.54) is 17.0 Å². The van der Waals surface area contributed by atoms with Crippen molar-refractivity contribution in [3.8, 4) is 11.4 Å². The van der Waals surface area contributed by atoms with E-state index < -0.39 is 0 Å². The normalized spacial score (nSPS) is 10.8. The molecule has 0 saturated heterocycles. The smallest absolute Gasteiger partial charge is 0.253 e. The van der Waals surface area contributed by atoms with Gasteiger partial charge in [0.2, 0.25) is 0 Å². The van der Waals surface area contributed by atoms with E-state index >= 15 is 0 Å². The van der Waals surface area contributed by atoms with Crippen molar-refractivity contribution in [2.24, 2.45) is 7.05 Å². The molecule has 0 spiro atoms. The summed E-state index contributed by atoms with van der Waals surface area (Å²) < 4.78 is 1.41. The van der Waals surface area contributed by atoms with Gasteiger partial charge in [-0.2, -0.15) is 0 Å². The molecule has 28 heavy (non-hydrogen) atoms. The molecular formula is C21H17N5O2. The number of hydrogen-bond acceptors (Lipinski definition) is 5. The van der Waals surface area contributed by atoms with Crippen LogP contribution < -0.4 is 10.9 Å². The maximum Gasteiger partial charge on any atom is 0.253 e. The number of nitrogens with zero attached hydrogens (tertiary/aromatic N) is 4. The molecule has 138 valence electrons. The molecule has 0 saturated carbocycles. The third-order valence-corrected chi connectivity index (χ3v) is 4.49. The number of nitrogens with one attached hydrogen (secondary N) is 1. The van der Waals surface area contributed by atoms with E-state index in [1.807, 2.05) is 36.4 Å². The molecular weight excluding hydrogens is 354 g/mol. The molecule has 4 aromatic rings. The Bertz CT molecular complexity index is 1220. The van der Waals surface area contributed by atoms with Crippen LogP contribution in [0.15, 0.2) is 71.9 Å². The quantitative estimate of drug-likeness (QED) is 0.595. The van der Waals surface area contributed by atoms with E-state index in [0.29, 0.717) is 22.8 Å². The van der Waals surface area contributed by atoms with Crippen LogP contribution in [0.3, 0.4) is 0 Å². The molecule has 0 unspecified atom stereocenters. The van der Waals surface area contributed by atoms with E-state index in [1.54, 1.807) is 25.4 Å². The fourth-order valence-corrected chi connectivity index (χ4v) is 2.91. The first kappa shape index (κ1) is 17.5. The maximum absolute atomic E-state index is 12.6. The van der Waals surface area contributed by atoms with Crippen LogP contribution in [0.1, 0.15) is 16.2 Å². The lowest BCUT2D eigenvalue weighted by molar-refractivity contribution is 0.0949. The largest absolute Gasteiger partial charge is 0.345 e. The van der Waals surface area contributed by atoms with Gasteiger partial charge in [-0.1, -0.05) is 30.3 Å². The molecule has 2 heterocycles. The first-order chi connectivity index (χ1) is 13.6. The number of rotatable bonds is 4. The summed E-state index contributed by atoms with van der Waals surface area (Å²) in [4.78, 5) is 37.3. The van der Waals surface area contributed by atoms with Gasteiger partial charge < -0.3 is 5.32 Å². The lowest BCUT2D eigenvalue weighted by Crippen LogP contribution is -2.29. The van der Waals surface area contributed by atoms with Crippen LogP contribution in [0.4, 0.5) is 0 Å². The molecule has 0 aliphatic heterocycles. The van der Waals surface area contributed by atoms with Gasteiger partial charge in [0.15, 0.2) is 0 Å². The first-order valence-electron chi connectivity index (χ1n) is 8.72. The Hall–Kier alpha value is -3.87. The summed E-state index contributed by atoms with van der Waals surface area (Å²) in [6, 6.07) is 16.5. The molecule has 0 aliphatic carbocycles. The number of hydrogen-bond donors (Lipinski definition) is 1. The average molecular weight is 371 g/mol. The molecule has 4 rings (SSSR count). The van der Waals surface area contributed by atoms with Gasteiger partial charge in [-0.3, -0.25) is 14.2 Å². The predicted octanol–water partition coefficient (Wildman–Crippen LogP) is 2.32. The highest BCUT2D eigenvalue weighted by Crippen LogP contribution is 2.16. The highest BCUT2D eigenvalue weighted by molar-refractivity contribution is 5.98. The highest BCUT2D eigenvalue weighted by Gasteiger charge is 2.11. The number of aromatic nitrogens is 4. The van der Waals surface area contributed by atoms with E-state index in [4.69, 9.17) is 0 Å². The fraction of sp³-hybridized carbons (Fsp3) is 0.0952. The second-order valence-corrected chi connectivity index (χ2v) is 6.29. The monoisotopic (exact) mass is 371 g/mol. The van der Waals surface area contributed by atoms with Crippen molar-refractivity contribution in [2.75, 3.05) is 0 Å². The van der Waals surface area contributed by atoms with Gasteiger partial charge in [0.05, 0.1) is 17.9 Å². The Morgan fingerprint density at radius 1 is 1.04 bits per heavy atom. The molecule has 7 heteroatoms. The summed E-state index contributed by atoms with van der Waals surface area (Å²) in [5.74, 6) is 0.211. The Labute approximate surface area is 160 Å². The molecule has 0 fully saturated rings. The zero-order chi connectivity index (χ0) is 19.5. The van der Waals surface area contributed by atoms with Crippen molar-refractivity contribution in [2.45, 2.75) is 6.54 Å². The van der Waals surface area contributed by atoms with E-state index in [9.17, 15) is 9.59 Å². The van der Waals surface area contributed by atoms with Gasteiger partial charge in [-0.05, 0) is 29.0 Å².